The van der Waals surface area contributed by atoms with E-state index in [1.165, 1.54) is 103 Å². The van der Waals surface area contributed by atoms with E-state index in [1.54, 1.807) is 0 Å². The second-order valence-electron chi connectivity index (χ2n) is 18.5. The van der Waals surface area contributed by atoms with Gasteiger partial charge in [-0.3, -0.25) is 14.4 Å². The fourth-order valence-electron chi connectivity index (χ4n) is 7.63. The van der Waals surface area contributed by atoms with Gasteiger partial charge in [-0.2, -0.15) is 0 Å². The van der Waals surface area contributed by atoms with Crippen LogP contribution in [0.2, 0.25) is 0 Å². The summed E-state index contributed by atoms with van der Waals surface area (Å²) in [6, 6.07) is 0. The lowest BCUT2D eigenvalue weighted by molar-refractivity contribution is -0.167. The first-order valence-corrected chi connectivity index (χ1v) is 28.1. The van der Waals surface area contributed by atoms with Crippen molar-refractivity contribution in [2.75, 3.05) is 13.2 Å². The van der Waals surface area contributed by atoms with Crippen molar-refractivity contribution in [2.24, 2.45) is 0 Å². The van der Waals surface area contributed by atoms with Crippen LogP contribution in [0.5, 0.6) is 0 Å². The molecule has 0 aliphatic heterocycles. The van der Waals surface area contributed by atoms with Crippen molar-refractivity contribution >= 4 is 17.9 Å². The summed E-state index contributed by atoms with van der Waals surface area (Å²) < 4.78 is 16.8. The van der Waals surface area contributed by atoms with Gasteiger partial charge in [0.05, 0.1) is 0 Å². The molecular formula is C61H104O6. The van der Waals surface area contributed by atoms with Gasteiger partial charge in [-0.25, -0.2) is 0 Å². The van der Waals surface area contributed by atoms with Crippen LogP contribution in [0.3, 0.4) is 0 Å². The maximum Gasteiger partial charge on any atom is 0.306 e. The Bertz CT molecular complexity index is 1300. The summed E-state index contributed by atoms with van der Waals surface area (Å²) in [4.78, 5) is 38.1. The number of unbranched alkanes of at least 4 members (excludes halogenated alkanes) is 25. The SMILES string of the molecule is CC/C=C\C/C=C\C/C=C\CCCCCCCC(=O)OC[C@H](COC(=O)CCCCCCCCC/C=C\CCCCCCCC)OC(=O)CCCCCC/C=C\C/C=C\C/C=C\CCCCC. The largest absolute Gasteiger partial charge is 0.462 e. The van der Waals surface area contributed by atoms with E-state index in [0.717, 1.165) is 122 Å². The Morgan fingerprint density at radius 3 is 0.955 bits per heavy atom. The van der Waals surface area contributed by atoms with Crippen molar-refractivity contribution in [1.29, 1.82) is 0 Å². The predicted molar refractivity (Wildman–Crippen MR) is 288 cm³/mol. The van der Waals surface area contributed by atoms with Crippen molar-refractivity contribution in [3.8, 4) is 0 Å². The molecule has 6 nitrogen and oxygen atoms in total. The van der Waals surface area contributed by atoms with Crippen LogP contribution < -0.4 is 0 Å². The standard InChI is InChI=1S/C61H104O6/c1-4-7-10-13-16-19-22-25-28-30-33-36-39-42-45-48-51-54-60(63)66-57-58(56-65-59(62)53-50-47-44-41-38-35-32-27-24-21-18-15-12-9-6-3)67-61(64)55-52-49-46-43-40-37-34-31-29-26-23-20-17-14-11-8-5-2/h9,12,17-18,20-21,25-29,32,34,37,58H,4-8,10-11,13-16,19,22-24,30-31,33,35-36,38-57H2,1-3H3/b12-9-,20-17-,21-18-,28-25-,29-26-,32-27-,37-34-/t58-/m1/s1. The van der Waals surface area contributed by atoms with Crippen LogP contribution in [-0.4, -0.2) is 37.2 Å². The molecule has 0 saturated carbocycles. The average Bonchev–Trinajstić information content (AvgIpc) is 3.33. The van der Waals surface area contributed by atoms with E-state index in [0.29, 0.717) is 19.3 Å². The average molecular weight is 933 g/mol. The van der Waals surface area contributed by atoms with Gasteiger partial charge < -0.3 is 14.2 Å². The van der Waals surface area contributed by atoms with Gasteiger partial charge in [-0.15, -0.1) is 0 Å². The molecule has 0 aromatic carbocycles. The normalized spacial score (nSPS) is 12.7. The highest BCUT2D eigenvalue weighted by atomic mass is 16.6. The third-order valence-electron chi connectivity index (χ3n) is 11.9. The highest BCUT2D eigenvalue weighted by molar-refractivity contribution is 5.71. The monoisotopic (exact) mass is 933 g/mol. The summed E-state index contributed by atoms with van der Waals surface area (Å²) in [5.41, 5.74) is 0. The molecule has 0 fully saturated rings. The Hall–Kier alpha value is -3.41. The summed E-state index contributed by atoms with van der Waals surface area (Å²) in [6.07, 6.45) is 71.4. The summed E-state index contributed by atoms with van der Waals surface area (Å²) in [5, 5.41) is 0. The zero-order chi connectivity index (χ0) is 48.6. The Kier molecular flexibility index (Phi) is 52.4. The number of allylic oxidation sites excluding steroid dienone is 14. The van der Waals surface area contributed by atoms with Crippen LogP contribution in [0, 0.1) is 0 Å². The first-order valence-electron chi connectivity index (χ1n) is 28.1. The maximum absolute atomic E-state index is 12.8. The molecule has 0 bridgehead atoms. The Balaban J connectivity index is 4.46. The van der Waals surface area contributed by atoms with Crippen molar-refractivity contribution < 1.29 is 28.6 Å². The van der Waals surface area contributed by atoms with E-state index < -0.39 is 6.10 Å². The minimum absolute atomic E-state index is 0.0937. The first-order chi connectivity index (χ1) is 33.0. The van der Waals surface area contributed by atoms with Crippen LogP contribution in [0.4, 0.5) is 0 Å². The molecule has 0 rings (SSSR count). The topological polar surface area (TPSA) is 78.9 Å². The van der Waals surface area contributed by atoms with Crippen LogP contribution in [0.25, 0.3) is 0 Å². The third-order valence-corrected chi connectivity index (χ3v) is 11.9. The zero-order valence-corrected chi connectivity index (χ0v) is 43.9. The molecule has 384 valence electrons. The number of rotatable bonds is 50. The first kappa shape index (κ1) is 63.6. The van der Waals surface area contributed by atoms with Crippen molar-refractivity contribution in [3.05, 3.63) is 85.1 Å². The number of carbonyl (C=O) groups is 3. The highest BCUT2D eigenvalue weighted by Gasteiger charge is 2.19. The summed E-state index contributed by atoms with van der Waals surface area (Å²) >= 11 is 0. The summed E-state index contributed by atoms with van der Waals surface area (Å²) in [5.74, 6) is -0.933. The van der Waals surface area contributed by atoms with E-state index in [2.05, 4.69) is 106 Å². The molecule has 0 spiro atoms. The van der Waals surface area contributed by atoms with E-state index in [9.17, 15) is 14.4 Å². The molecule has 1 atom stereocenters. The Labute approximate surface area is 414 Å². The number of hydrogen-bond acceptors (Lipinski definition) is 6. The minimum Gasteiger partial charge on any atom is -0.462 e. The maximum atomic E-state index is 12.8. The van der Waals surface area contributed by atoms with Crippen molar-refractivity contribution in [2.45, 2.75) is 271 Å². The lowest BCUT2D eigenvalue weighted by atomic mass is 10.1. The molecule has 0 aliphatic carbocycles. The van der Waals surface area contributed by atoms with E-state index >= 15 is 0 Å². The van der Waals surface area contributed by atoms with Gasteiger partial charge in [-0.05, 0) is 116 Å². The van der Waals surface area contributed by atoms with Crippen LogP contribution in [0.1, 0.15) is 265 Å². The molecule has 67 heavy (non-hydrogen) atoms. The van der Waals surface area contributed by atoms with Gasteiger partial charge in [0.2, 0.25) is 0 Å². The molecule has 0 N–H and O–H groups in total. The number of esters is 3. The molecule has 6 heteroatoms. The quantitative estimate of drug-likeness (QED) is 0.0262. The molecule has 0 radical (unpaired) electrons. The minimum atomic E-state index is -0.798. The molecule has 0 aromatic rings. The summed E-state index contributed by atoms with van der Waals surface area (Å²) in [6.45, 7) is 6.47. The molecule has 0 aliphatic rings. The molecule has 0 heterocycles. The molecule has 0 saturated heterocycles. The van der Waals surface area contributed by atoms with Gasteiger partial charge >= 0.3 is 17.9 Å². The van der Waals surface area contributed by atoms with Crippen LogP contribution >= 0.6 is 0 Å². The number of ether oxygens (including phenoxy) is 3. The fourth-order valence-corrected chi connectivity index (χ4v) is 7.63. The van der Waals surface area contributed by atoms with Crippen molar-refractivity contribution in [3.63, 3.8) is 0 Å². The predicted octanol–water partition coefficient (Wildman–Crippen LogP) is 18.8. The second kappa shape index (κ2) is 55.2. The second-order valence-corrected chi connectivity index (χ2v) is 18.5. The van der Waals surface area contributed by atoms with E-state index in [4.69, 9.17) is 14.2 Å². The van der Waals surface area contributed by atoms with Gasteiger partial charge in [-0.1, -0.05) is 215 Å². The van der Waals surface area contributed by atoms with Gasteiger partial charge in [0.15, 0.2) is 6.10 Å². The number of carbonyl (C=O) groups excluding carboxylic acids is 3. The molecule has 0 aromatic heterocycles. The third kappa shape index (κ3) is 53.4. The highest BCUT2D eigenvalue weighted by Crippen LogP contribution is 2.14. The van der Waals surface area contributed by atoms with E-state index in [1.807, 2.05) is 0 Å². The van der Waals surface area contributed by atoms with Gasteiger partial charge in [0, 0.05) is 19.3 Å². The smallest absolute Gasteiger partial charge is 0.306 e. The lowest BCUT2D eigenvalue weighted by Gasteiger charge is -2.18. The molecular weight excluding hydrogens is 829 g/mol. The Morgan fingerprint density at radius 2 is 0.582 bits per heavy atom. The van der Waals surface area contributed by atoms with Crippen LogP contribution in [-0.2, 0) is 28.6 Å². The number of hydrogen-bond donors (Lipinski definition) is 0. The van der Waals surface area contributed by atoms with E-state index in [-0.39, 0.29) is 31.1 Å². The fraction of sp³-hybridized carbons (Fsp3) is 0.721. The molecule has 0 amide bonds. The Morgan fingerprint density at radius 1 is 0.313 bits per heavy atom. The summed E-state index contributed by atoms with van der Waals surface area (Å²) in [7, 11) is 0. The van der Waals surface area contributed by atoms with Gasteiger partial charge in [0.25, 0.3) is 0 Å². The van der Waals surface area contributed by atoms with Crippen molar-refractivity contribution in [1.82, 2.24) is 0 Å². The van der Waals surface area contributed by atoms with Crippen LogP contribution in [0.15, 0.2) is 85.1 Å². The molecule has 0 unspecified atom stereocenters. The zero-order valence-electron chi connectivity index (χ0n) is 43.9. The van der Waals surface area contributed by atoms with Gasteiger partial charge in [0.1, 0.15) is 13.2 Å². The lowest BCUT2D eigenvalue weighted by Crippen LogP contribution is -2.30.